The van der Waals surface area contributed by atoms with Crippen LogP contribution in [0.3, 0.4) is 0 Å². The number of esters is 1. The van der Waals surface area contributed by atoms with Crippen LogP contribution in [-0.4, -0.2) is 37.7 Å². The van der Waals surface area contributed by atoms with Gasteiger partial charge in [-0.25, -0.2) is 4.79 Å². The molecule has 0 fully saturated rings. The van der Waals surface area contributed by atoms with E-state index in [9.17, 15) is 13.6 Å². The topological polar surface area (TPSA) is 78.7 Å². The third-order valence-corrected chi connectivity index (χ3v) is 5.61. The predicted octanol–water partition coefficient (Wildman–Crippen LogP) is 6.04. The molecule has 38 heavy (non-hydrogen) atoms. The monoisotopic (exact) mass is 524 g/mol. The fraction of sp³-hybridized carbons (Fsp3) is 0.276. The molecule has 0 aliphatic carbocycles. The van der Waals surface area contributed by atoms with E-state index in [1.54, 1.807) is 31.2 Å². The summed E-state index contributed by atoms with van der Waals surface area (Å²) in [4.78, 5) is 22.7. The molecule has 200 valence electrons. The quantitative estimate of drug-likeness (QED) is 0.174. The number of benzene rings is 3. The van der Waals surface area contributed by atoms with Crippen molar-refractivity contribution in [1.29, 1.82) is 0 Å². The maximum absolute atomic E-state index is 13.9. The second kappa shape index (κ2) is 12.8. The van der Waals surface area contributed by atoms with Gasteiger partial charge in [-0.3, -0.25) is 0 Å². The number of carbonyl (C=O) groups is 1. The first-order valence-corrected chi connectivity index (χ1v) is 11.8. The molecule has 9 heteroatoms. The van der Waals surface area contributed by atoms with Gasteiger partial charge in [-0.15, -0.1) is 0 Å². The highest BCUT2D eigenvalue weighted by atomic mass is 19.3. The number of aryl methyl sites for hydroxylation is 1. The van der Waals surface area contributed by atoms with Gasteiger partial charge in [0.05, 0.1) is 12.8 Å². The second-order valence-electron chi connectivity index (χ2n) is 8.57. The molecule has 0 aliphatic heterocycles. The number of alkyl halides is 2. The van der Waals surface area contributed by atoms with Crippen LogP contribution in [0.5, 0.6) is 5.75 Å². The molecule has 0 spiro atoms. The van der Waals surface area contributed by atoms with E-state index in [4.69, 9.17) is 19.1 Å². The molecule has 0 saturated carbocycles. The Bertz CT molecular complexity index is 1320. The zero-order valence-electron chi connectivity index (χ0n) is 22.0. The zero-order chi connectivity index (χ0) is 27.7. The highest BCUT2D eigenvalue weighted by Gasteiger charge is 2.26. The molecule has 0 aromatic heterocycles. The first-order chi connectivity index (χ1) is 18.1. The molecule has 3 rings (SSSR count). The summed E-state index contributed by atoms with van der Waals surface area (Å²) in [5.41, 5.74) is 4.46. The standard InChI is InChI=1S/C29H30F2N2O5/c1-19-10-9-13-24(27(33-36-5)28(34)35-4)25(19)18-37-32-20(2)23-15-14-22(16-21-11-7-6-8-12-21)17-26(23)38-29(3,30)31/h6-15,17H,16,18H2,1-5H3/b32-20+,33-27+. The van der Waals surface area contributed by atoms with Gasteiger partial charge in [0.1, 0.15) is 19.5 Å². The van der Waals surface area contributed by atoms with E-state index in [1.807, 2.05) is 49.4 Å². The minimum Gasteiger partial charge on any atom is -0.464 e. The van der Waals surface area contributed by atoms with Crippen LogP contribution in [0.25, 0.3) is 0 Å². The summed E-state index contributed by atoms with van der Waals surface area (Å²) < 4.78 is 37.5. The van der Waals surface area contributed by atoms with Crippen molar-refractivity contribution in [1.82, 2.24) is 0 Å². The summed E-state index contributed by atoms with van der Waals surface area (Å²) in [5.74, 6) is -0.677. The summed E-state index contributed by atoms with van der Waals surface area (Å²) >= 11 is 0. The van der Waals surface area contributed by atoms with E-state index in [0.29, 0.717) is 35.7 Å². The lowest BCUT2D eigenvalue weighted by atomic mass is 9.99. The molecule has 3 aromatic carbocycles. The number of methoxy groups -OCH3 is 1. The van der Waals surface area contributed by atoms with Crippen molar-refractivity contribution in [2.24, 2.45) is 10.3 Å². The molecule has 0 amide bonds. The number of halogens is 2. The number of nitrogens with zero attached hydrogens (tertiary/aromatic N) is 2. The highest BCUT2D eigenvalue weighted by molar-refractivity contribution is 6.43. The van der Waals surface area contributed by atoms with Gasteiger partial charge in [0.15, 0.2) is 5.71 Å². The Morgan fingerprint density at radius 2 is 1.66 bits per heavy atom. The third kappa shape index (κ3) is 7.61. The molecular weight excluding hydrogens is 494 g/mol. The van der Waals surface area contributed by atoms with E-state index in [2.05, 4.69) is 10.3 Å². The van der Waals surface area contributed by atoms with Crippen molar-refractivity contribution >= 4 is 17.4 Å². The number of rotatable bonds is 11. The molecule has 3 aromatic rings. The molecular formula is C29H30F2N2O5. The van der Waals surface area contributed by atoms with Crippen LogP contribution in [-0.2, 0) is 32.2 Å². The Kier molecular flexibility index (Phi) is 9.54. The van der Waals surface area contributed by atoms with Gasteiger partial charge < -0.3 is 19.1 Å². The average Bonchev–Trinajstić information content (AvgIpc) is 2.87. The average molecular weight is 525 g/mol. The van der Waals surface area contributed by atoms with Crippen LogP contribution < -0.4 is 4.74 Å². The first kappa shape index (κ1) is 28.3. The zero-order valence-corrected chi connectivity index (χ0v) is 22.0. The lowest BCUT2D eigenvalue weighted by Crippen LogP contribution is -2.21. The summed E-state index contributed by atoms with van der Waals surface area (Å²) in [7, 11) is 2.57. The van der Waals surface area contributed by atoms with Crippen LogP contribution in [0, 0.1) is 6.92 Å². The Labute approximate surface area is 220 Å². The van der Waals surface area contributed by atoms with Crippen molar-refractivity contribution in [3.63, 3.8) is 0 Å². The maximum atomic E-state index is 13.9. The smallest absolute Gasteiger partial charge is 0.394 e. The lowest BCUT2D eigenvalue weighted by molar-refractivity contribution is -0.159. The summed E-state index contributed by atoms with van der Waals surface area (Å²) in [6, 6.07) is 20.1. The molecule has 0 radical (unpaired) electrons. The van der Waals surface area contributed by atoms with Crippen LogP contribution in [0.2, 0.25) is 0 Å². The Morgan fingerprint density at radius 3 is 2.32 bits per heavy atom. The van der Waals surface area contributed by atoms with Crippen molar-refractivity contribution in [2.45, 2.75) is 39.9 Å². The van der Waals surface area contributed by atoms with Crippen molar-refractivity contribution in [3.05, 3.63) is 100 Å². The lowest BCUT2D eigenvalue weighted by Gasteiger charge is -2.17. The second-order valence-corrected chi connectivity index (χ2v) is 8.57. The van der Waals surface area contributed by atoms with Crippen LogP contribution in [0.4, 0.5) is 8.78 Å². The van der Waals surface area contributed by atoms with Crippen LogP contribution >= 0.6 is 0 Å². The van der Waals surface area contributed by atoms with Gasteiger partial charge in [-0.1, -0.05) is 64.9 Å². The van der Waals surface area contributed by atoms with E-state index in [-0.39, 0.29) is 18.1 Å². The molecule has 0 aliphatic rings. The molecule has 0 atom stereocenters. The van der Waals surface area contributed by atoms with Gasteiger partial charge in [0.25, 0.3) is 0 Å². The minimum atomic E-state index is -3.39. The van der Waals surface area contributed by atoms with E-state index in [1.165, 1.54) is 14.2 Å². The SMILES string of the molecule is CO/N=C(/C(=O)OC)c1cccc(C)c1CO/N=C(\C)c1ccc(Cc2ccccc2)cc1OC(C)(F)F. The molecule has 0 saturated heterocycles. The number of hydrogen-bond acceptors (Lipinski definition) is 7. The van der Waals surface area contributed by atoms with Gasteiger partial charge >= 0.3 is 12.1 Å². The van der Waals surface area contributed by atoms with Crippen LogP contribution in [0.1, 0.15) is 47.2 Å². The van der Waals surface area contributed by atoms with E-state index in [0.717, 1.165) is 16.7 Å². The molecule has 7 nitrogen and oxygen atoms in total. The summed E-state index contributed by atoms with van der Waals surface area (Å²) in [5, 5.41) is 7.96. The fourth-order valence-electron chi connectivity index (χ4n) is 3.83. The van der Waals surface area contributed by atoms with Gasteiger partial charge in [0, 0.05) is 23.6 Å². The minimum absolute atomic E-state index is 0.00688. The third-order valence-electron chi connectivity index (χ3n) is 5.61. The number of oxime groups is 2. The first-order valence-electron chi connectivity index (χ1n) is 11.8. The van der Waals surface area contributed by atoms with Crippen molar-refractivity contribution < 1.29 is 32.7 Å². The summed E-state index contributed by atoms with van der Waals surface area (Å²) in [6.45, 7) is 4.15. The van der Waals surface area contributed by atoms with Gasteiger partial charge in [-0.2, -0.15) is 8.78 Å². The van der Waals surface area contributed by atoms with Gasteiger partial charge in [-0.05, 0) is 49.1 Å². The number of carbonyl (C=O) groups excluding carboxylic acids is 1. The molecule has 0 N–H and O–H groups in total. The Morgan fingerprint density at radius 1 is 0.921 bits per heavy atom. The van der Waals surface area contributed by atoms with Crippen LogP contribution in [0.15, 0.2) is 77.0 Å². The van der Waals surface area contributed by atoms with Crippen molar-refractivity contribution in [2.75, 3.05) is 14.2 Å². The van der Waals surface area contributed by atoms with Gasteiger partial charge in [0.2, 0.25) is 0 Å². The van der Waals surface area contributed by atoms with E-state index >= 15 is 0 Å². The normalized spacial score (nSPS) is 12.2. The number of hydrogen-bond donors (Lipinski definition) is 0. The fourth-order valence-corrected chi connectivity index (χ4v) is 3.83. The Balaban J connectivity index is 1.88. The molecule has 0 bridgehead atoms. The molecule has 0 unspecified atom stereocenters. The maximum Gasteiger partial charge on any atom is 0.394 e. The highest BCUT2D eigenvalue weighted by Crippen LogP contribution is 2.28. The summed E-state index contributed by atoms with van der Waals surface area (Å²) in [6.07, 6.45) is -2.83. The van der Waals surface area contributed by atoms with Crippen molar-refractivity contribution in [3.8, 4) is 5.75 Å². The predicted molar refractivity (Wildman–Crippen MR) is 141 cm³/mol. The van der Waals surface area contributed by atoms with E-state index < -0.39 is 12.1 Å². The number of ether oxygens (including phenoxy) is 2. The molecule has 0 heterocycles. The Hall–Kier alpha value is -4.27. The largest absolute Gasteiger partial charge is 0.464 e.